The summed E-state index contributed by atoms with van der Waals surface area (Å²) < 4.78 is 0. The van der Waals surface area contributed by atoms with Crippen molar-refractivity contribution in [2.75, 3.05) is 27.2 Å². The SMILES string of the molecule is CN[C@@H](C)C(=O)NC(C(=O)N1C[C@@H](NC(=O)c2cccc(C(=O)N[C@H]3CC(C(=O)NC4C(=O)c5ccccc5C4=O)N(C(=O)[C@@H](NC(=O)[C@H](C)NC)C(C)(C)C)C3)c2)C[C@H]1C(=O)NC1C(=O)c2ccccc2C1=O)C(C)(C)C. The van der Waals surface area contributed by atoms with E-state index < -0.39 is 142 Å². The summed E-state index contributed by atoms with van der Waals surface area (Å²) in [6.45, 7) is 13.2. The number of amides is 8. The molecule has 22 nitrogen and oxygen atoms in total. The molecule has 414 valence electrons. The minimum atomic E-state index is -1.55. The van der Waals surface area contributed by atoms with Crippen molar-refractivity contribution in [3.63, 3.8) is 0 Å². The second-order valence-corrected chi connectivity index (χ2v) is 22.5. The van der Waals surface area contributed by atoms with E-state index in [1.807, 2.05) is 0 Å². The lowest BCUT2D eigenvalue weighted by Crippen LogP contribution is -2.60. The van der Waals surface area contributed by atoms with E-state index in [0.717, 1.165) is 0 Å². The average Bonchev–Trinajstić information content (AvgIpc) is 4.15. The van der Waals surface area contributed by atoms with Gasteiger partial charge in [-0.15, -0.1) is 0 Å². The fourth-order valence-corrected chi connectivity index (χ4v) is 10.1. The predicted octanol–water partition coefficient (Wildman–Crippen LogP) is 0.491. The number of likely N-dealkylation sites (N-methyl/N-ethyl adjacent to an activating group) is 2. The number of fused-ring (bicyclic) bond motifs is 2. The highest BCUT2D eigenvalue weighted by Gasteiger charge is 2.50. The van der Waals surface area contributed by atoms with E-state index in [9.17, 15) is 57.5 Å². The smallest absolute Gasteiger partial charge is 0.251 e. The van der Waals surface area contributed by atoms with E-state index in [1.165, 1.54) is 58.3 Å². The van der Waals surface area contributed by atoms with Gasteiger partial charge in [-0.05, 0) is 69.8 Å². The Morgan fingerprint density at radius 2 is 0.808 bits per heavy atom. The molecule has 2 aliphatic carbocycles. The molecule has 22 heteroatoms. The zero-order valence-electron chi connectivity index (χ0n) is 45.3. The van der Waals surface area contributed by atoms with E-state index >= 15 is 0 Å². The average molecular weight is 1070 g/mol. The van der Waals surface area contributed by atoms with Gasteiger partial charge in [-0.25, -0.2) is 0 Å². The third kappa shape index (κ3) is 11.9. The van der Waals surface area contributed by atoms with Gasteiger partial charge in [0.25, 0.3) is 11.8 Å². The molecule has 0 radical (unpaired) electrons. The van der Waals surface area contributed by atoms with Gasteiger partial charge in [0, 0.05) is 58.6 Å². The molecule has 2 aliphatic heterocycles. The topological polar surface area (TPSA) is 308 Å². The molecular weight excluding hydrogens is 1000 g/mol. The van der Waals surface area contributed by atoms with Crippen LogP contribution in [-0.4, -0.2) is 168 Å². The first-order valence-corrected chi connectivity index (χ1v) is 25.9. The highest BCUT2D eigenvalue weighted by atomic mass is 16.2. The summed E-state index contributed by atoms with van der Waals surface area (Å²) in [7, 11) is 3.16. The first-order valence-electron chi connectivity index (χ1n) is 25.9. The number of hydrogen-bond donors (Lipinski definition) is 8. The summed E-state index contributed by atoms with van der Waals surface area (Å²) in [6.07, 6.45) is -0.335. The molecular formula is C56H68N10O12. The van der Waals surface area contributed by atoms with Crippen LogP contribution in [-0.2, 0) is 28.8 Å². The second-order valence-electron chi connectivity index (χ2n) is 22.5. The first-order chi connectivity index (χ1) is 36.7. The third-order valence-corrected chi connectivity index (χ3v) is 14.8. The number of Topliss-reactive ketones (excluding diaryl/α,β-unsaturated/α-hetero) is 4. The van der Waals surface area contributed by atoms with E-state index in [1.54, 1.807) is 93.8 Å². The van der Waals surface area contributed by atoms with E-state index in [-0.39, 0.29) is 59.3 Å². The minimum absolute atomic E-state index is 0.00107. The summed E-state index contributed by atoms with van der Waals surface area (Å²) in [5.41, 5.74) is -1.20. The molecule has 8 N–H and O–H groups in total. The van der Waals surface area contributed by atoms with Crippen LogP contribution in [0.15, 0.2) is 72.8 Å². The lowest BCUT2D eigenvalue weighted by molar-refractivity contribution is -0.144. The van der Waals surface area contributed by atoms with Crippen LogP contribution in [0.4, 0.5) is 0 Å². The van der Waals surface area contributed by atoms with Crippen molar-refractivity contribution in [1.29, 1.82) is 0 Å². The van der Waals surface area contributed by atoms with Crippen molar-refractivity contribution in [3.05, 3.63) is 106 Å². The Hall–Kier alpha value is -7.98. The summed E-state index contributed by atoms with van der Waals surface area (Å²) >= 11 is 0. The Bertz CT molecular complexity index is 2720. The third-order valence-electron chi connectivity index (χ3n) is 14.8. The van der Waals surface area contributed by atoms with E-state index in [2.05, 4.69) is 42.5 Å². The number of carbonyl (C=O) groups is 12. The molecule has 8 atom stereocenters. The molecule has 0 spiro atoms. The van der Waals surface area contributed by atoms with Crippen molar-refractivity contribution < 1.29 is 57.5 Å². The van der Waals surface area contributed by atoms with Gasteiger partial charge in [-0.2, -0.15) is 0 Å². The minimum Gasteiger partial charge on any atom is -0.347 e. The zero-order valence-corrected chi connectivity index (χ0v) is 45.3. The zero-order chi connectivity index (χ0) is 57.3. The van der Waals surface area contributed by atoms with Gasteiger partial charge >= 0.3 is 0 Å². The molecule has 2 unspecified atom stereocenters. The normalized spacial score (nSPS) is 21.0. The number of ketones is 4. The molecule has 3 aromatic rings. The Labute approximate surface area is 451 Å². The number of likely N-dealkylation sites (tertiary alicyclic amines) is 2. The van der Waals surface area contributed by atoms with Gasteiger partial charge in [0.1, 0.15) is 24.2 Å². The number of hydrogen-bond acceptors (Lipinski definition) is 14. The molecule has 3 aromatic carbocycles. The van der Waals surface area contributed by atoms with Gasteiger partial charge < -0.3 is 52.3 Å². The van der Waals surface area contributed by atoms with Crippen molar-refractivity contribution in [1.82, 2.24) is 52.3 Å². The van der Waals surface area contributed by atoms with Crippen molar-refractivity contribution >= 4 is 70.4 Å². The van der Waals surface area contributed by atoms with Crippen LogP contribution < -0.4 is 42.5 Å². The summed E-state index contributed by atoms with van der Waals surface area (Å²) in [6, 6.07) is 6.69. The molecule has 0 saturated carbocycles. The molecule has 2 saturated heterocycles. The van der Waals surface area contributed by atoms with Crippen LogP contribution in [0.5, 0.6) is 0 Å². The van der Waals surface area contributed by atoms with Crippen molar-refractivity contribution in [3.8, 4) is 0 Å². The molecule has 78 heavy (non-hydrogen) atoms. The highest BCUT2D eigenvalue weighted by Crippen LogP contribution is 2.31. The Kier molecular flexibility index (Phi) is 17.0. The van der Waals surface area contributed by atoms with Crippen LogP contribution in [0.1, 0.15) is 130 Å². The maximum Gasteiger partial charge on any atom is 0.251 e. The number of benzene rings is 3. The number of nitrogens with zero attached hydrogens (tertiary/aromatic N) is 2. The van der Waals surface area contributed by atoms with Gasteiger partial charge in [0.05, 0.1) is 12.1 Å². The van der Waals surface area contributed by atoms with Crippen LogP contribution in [0.25, 0.3) is 0 Å². The van der Waals surface area contributed by atoms with Gasteiger partial charge in [-0.3, -0.25) is 57.5 Å². The fraction of sp³-hybridized carbons (Fsp3) is 0.464. The molecule has 0 aromatic heterocycles. The lowest BCUT2D eigenvalue weighted by atomic mass is 9.85. The largest absolute Gasteiger partial charge is 0.347 e. The Morgan fingerprint density at radius 1 is 0.487 bits per heavy atom. The predicted molar refractivity (Wildman–Crippen MR) is 283 cm³/mol. The maximum absolute atomic E-state index is 14.6. The molecule has 7 rings (SSSR count). The van der Waals surface area contributed by atoms with Crippen LogP contribution >= 0.6 is 0 Å². The van der Waals surface area contributed by atoms with Crippen molar-refractivity contribution in [2.24, 2.45) is 10.8 Å². The summed E-state index contributed by atoms with van der Waals surface area (Å²) in [5, 5.41) is 22.0. The molecule has 4 aliphatic rings. The van der Waals surface area contributed by atoms with Crippen LogP contribution in [0.3, 0.4) is 0 Å². The van der Waals surface area contributed by atoms with E-state index in [4.69, 9.17) is 0 Å². The maximum atomic E-state index is 14.6. The number of carbonyl (C=O) groups excluding carboxylic acids is 12. The quantitative estimate of drug-likeness (QED) is 0.0907. The van der Waals surface area contributed by atoms with Gasteiger partial charge in [0.2, 0.25) is 35.4 Å². The Balaban J connectivity index is 1.09. The van der Waals surface area contributed by atoms with Crippen LogP contribution in [0, 0.1) is 10.8 Å². The standard InChI is InChI=1S/C56H68N10O12/c1-27(57-9)47(71)63-45(55(3,4)5)53(77)65-25-31(23-37(65)51(75)61-39-41(67)33-18-11-12-19-34(33)42(39)68)59-49(73)29-16-15-17-30(22-29)50(74)60-32-24-38(52(76)62-40-43(69)35-20-13-14-21-36(35)44(40)70)66(26-32)54(78)46(56(6,7)8)64-48(72)28(2)58-10/h11-22,27-28,31-32,37-40,45-46,57-58H,23-26H2,1-10H3,(H,59,73)(H,60,74)(H,61,75)(H,62,76)(H,63,71)(H,64,72)/t27-,28-,31-,32-,37-,38?,45?,46+/m0/s1. The fourth-order valence-electron chi connectivity index (χ4n) is 10.1. The summed E-state index contributed by atoms with van der Waals surface area (Å²) in [5.74, 6) is -7.80. The van der Waals surface area contributed by atoms with Gasteiger partial charge in [-0.1, -0.05) is 96.1 Å². The lowest BCUT2D eigenvalue weighted by Gasteiger charge is -2.36. The van der Waals surface area contributed by atoms with Crippen LogP contribution in [0.2, 0.25) is 0 Å². The second kappa shape index (κ2) is 22.9. The number of rotatable bonds is 16. The van der Waals surface area contributed by atoms with Crippen molar-refractivity contribution in [2.45, 2.75) is 129 Å². The molecule has 2 fully saturated rings. The highest BCUT2D eigenvalue weighted by molar-refractivity contribution is 6.31. The number of nitrogens with one attached hydrogen (secondary N) is 8. The Morgan fingerprint density at radius 3 is 1.10 bits per heavy atom. The molecule has 8 amide bonds. The first kappa shape index (κ1) is 57.7. The van der Waals surface area contributed by atoms with Gasteiger partial charge in [0.15, 0.2) is 35.2 Å². The monoisotopic (exact) mass is 1070 g/mol. The molecule has 0 bridgehead atoms. The summed E-state index contributed by atoms with van der Waals surface area (Å²) in [4.78, 5) is 168. The molecule has 2 heterocycles. The van der Waals surface area contributed by atoms with E-state index in [0.29, 0.717) is 0 Å².